The van der Waals surface area contributed by atoms with Crippen molar-refractivity contribution in [3.63, 3.8) is 0 Å². The van der Waals surface area contributed by atoms with E-state index >= 15 is 0 Å². The monoisotopic (exact) mass is 478 g/mol. The van der Waals surface area contributed by atoms with E-state index in [2.05, 4.69) is 27.0 Å². The number of hydrogen-bond acceptors (Lipinski definition) is 6. The minimum atomic E-state index is 0.476. The molecule has 0 unspecified atom stereocenters. The lowest BCUT2D eigenvalue weighted by atomic mass is 10.0. The third-order valence-electron chi connectivity index (χ3n) is 5.03. The second-order valence-corrected chi connectivity index (χ2v) is 8.05. The molecule has 6 nitrogen and oxygen atoms in total. The van der Waals surface area contributed by atoms with Gasteiger partial charge in [0.15, 0.2) is 0 Å². The van der Waals surface area contributed by atoms with Crippen LogP contribution in [0.4, 0.5) is 0 Å². The van der Waals surface area contributed by atoms with Crippen LogP contribution >= 0.6 is 0 Å². The molecule has 0 N–H and O–H groups in total. The minimum Gasteiger partial charge on any atom is -0.379 e. The Kier molecular flexibility index (Phi) is 19.7. The molecule has 1 rings (SSSR count). The Morgan fingerprint density at radius 3 is 1.12 bits per heavy atom. The van der Waals surface area contributed by atoms with Gasteiger partial charge in [-0.15, -0.1) is 0 Å². The van der Waals surface area contributed by atoms with Crippen molar-refractivity contribution in [2.45, 2.75) is 39.5 Å². The van der Waals surface area contributed by atoms with Gasteiger partial charge in [0.2, 0.25) is 0 Å². The summed E-state index contributed by atoms with van der Waals surface area (Å²) >= 11 is 0. The molecule has 0 saturated carbocycles. The van der Waals surface area contributed by atoms with Crippen LogP contribution in [0.3, 0.4) is 0 Å². The van der Waals surface area contributed by atoms with Crippen molar-refractivity contribution in [2.75, 3.05) is 79.3 Å². The minimum absolute atomic E-state index is 0.476. The first kappa shape index (κ1) is 30.5. The van der Waals surface area contributed by atoms with Crippen LogP contribution in [0.25, 0.3) is 11.1 Å². The molecule has 0 aliphatic heterocycles. The number of benzene rings is 1. The molecule has 0 atom stereocenters. The first-order valence-corrected chi connectivity index (χ1v) is 12.6. The second kappa shape index (κ2) is 22.0. The van der Waals surface area contributed by atoms with Crippen molar-refractivity contribution in [3.8, 4) is 0 Å². The molecule has 0 radical (unpaired) electrons. The Hall–Kier alpha value is -1.54. The molecule has 1 aromatic carbocycles. The summed E-state index contributed by atoms with van der Waals surface area (Å²) in [6.45, 7) is 19.8. The SMILES string of the molecule is C=C(COCCOCCOCCCC)c1ccc(C(=C)COCCOCCOCCCC)cc1. The van der Waals surface area contributed by atoms with Gasteiger partial charge in [0.25, 0.3) is 0 Å². The number of rotatable bonds is 24. The highest BCUT2D eigenvalue weighted by atomic mass is 16.5. The second-order valence-electron chi connectivity index (χ2n) is 8.05. The fourth-order valence-corrected chi connectivity index (χ4v) is 2.87. The molecule has 194 valence electrons. The van der Waals surface area contributed by atoms with Crippen molar-refractivity contribution >= 4 is 11.1 Å². The predicted molar refractivity (Wildman–Crippen MR) is 139 cm³/mol. The fourth-order valence-electron chi connectivity index (χ4n) is 2.87. The molecule has 0 heterocycles. The quantitative estimate of drug-likeness (QED) is 0.185. The van der Waals surface area contributed by atoms with Gasteiger partial charge in [-0.25, -0.2) is 0 Å². The zero-order valence-corrected chi connectivity index (χ0v) is 21.5. The zero-order valence-electron chi connectivity index (χ0n) is 21.5. The van der Waals surface area contributed by atoms with E-state index < -0.39 is 0 Å². The summed E-state index contributed by atoms with van der Waals surface area (Å²) in [5, 5.41) is 0. The Morgan fingerprint density at radius 2 is 0.794 bits per heavy atom. The van der Waals surface area contributed by atoms with Gasteiger partial charge >= 0.3 is 0 Å². The van der Waals surface area contributed by atoms with Crippen molar-refractivity contribution in [3.05, 3.63) is 48.6 Å². The van der Waals surface area contributed by atoms with Crippen LogP contribution in [0.15, 0.2) is 37.4 Å². The van der Waals surface area contributed by atoms with E-state index in [9.17, 15) is 0 Å². The van der Waals surface area contributed by atoms with Gasteiger partial charge in [-0.05, 0) is 35.1 Å². The molecule has 0 aliphatic rings. The van der Waals surface area contributed by atoms with Gasteiger partial charge < -0.3 is 28.4 Å². The largest absolute Gasteiger partial charge is 0.379 e. The topological polar surface area (TPSA) is 55.4 Å². The lowest BCUT2D eigenvalue weighted by Crippen LogP contribution is -2.10. The average molecular weight is 479 g/mol. The Balaban J connectivity index is 2.08. The van der Waals surface area contributed by atoms with Gasteiger partial charge in [-0.1, -0.05) is 64.1 Å². The Labute approximate surface area is 207 Å². The van der Waals surface area contributed by atoms with E-state index in [1.165, 1.54) is 0 Å². The molecular formula is C28H46O6. The molecule has 0 aliphatic carbocycles. The summed E-state index contributed by atoms with van der Waals surface area (Å²) in [5.74, 6) is 0. The maximum atomic E-state index is 5.67. The van der Waals surface area contributed by atoms with E-state index in [0.717, 1.165) is 61.2 Å². The van der Waals surface area contributed by atoms with Crippen LogP contribution in [0.1, 0.15) is 50.7 Å². The highest BCUT2D eigenvalue weighted by molar-refractivity contribution is 5.69. The van der Waals surface area contributed by atoms with Crippen molar-refractivity contribution < 1.29 is 28.4 Å². The van der Waals surface area contributed by atoms with Crippen LogP contribution in [0, 0.1) is 0 Å². The Bertz CT molecular complexity index is 573. The maximum absolute atomic E-state index is 5.67. The van der Waals surface area contributed by atoms with Gasteiger partial charge in [-0.3, -0.25) is 0 Å². The summed E-state index contributed by atoms with van der Waals surface area (Å²) in [5.41, 5.74) is 3.98. The summed E-state index contributed by atoms with van der Waals surface area (Å²) < 4.78 is 33.3. The third-order valence-corrected chi connectivity index (χ3v) is 5.03. The highest BCUT2D eigenvalue weighted by Gasteiger charge is 2.03. The number of unbranched alkanes of at least 4 members (excludes halogenated alkanes) is 2. The standard InChI is InChI=1S/C28H46O6/c1-5-7-13-29-15-17-31-19-21-33-23-25(3)27-9-11-28(12-10-27)26(4)24-34-22-20-32-18-16-30-14-8-6-2/h9-12H,3-8,13-24H2,1-2H3. The van der Waals surface area contributed by atoms with Crippen LogP contribution in [-0.4, -0.2) is 79.3 Å². The number of hydrogen-bond donors (Lipinski definition) is 0. The van der Waals surface area contributed by atoms with E-state index in [4.69, 9.17) is 28.4 Å². The van der Waals surface area contributed by atoms with Crippen LogP contribution in [0.2, 0.25) is 0 Å². The first-order valence-electron chi connectivity index (χ1n) is 12.6. The van der Waals surface area contributed by atoms with E-state index in [1.807, 2.05) is 24.3 Å². The van der Waals surface area contributed by atoms with Gasteiger partial charge in [0.05, 0.1) is 66.1 Å². The van der Waals surface area contributed by atoms with Crippen LogP contribution in [0.5, 0.6) is 0 Å². The zero-order chi connectivity index (χ0) is 24.7. The van der Waals surface area contributed by atoms with E-state index in [-0.39, 0.29) is 0 Å². The van der Waals surface area contributed by atoms with Gasteiger partial charge in [0.1, 0.15) is 0 Å². The molecule has 6 heteroatoms. The molecule has 0 spiro atoms. The number of ether oxygens (including phenoxy) is 6. The predicted octanol–water partition coefficient (Wildman–Crippen LogP) is 5.41. The lowest BCUT2D eigenvalue weighted by Gasteiger charge is -2.11. The fraction of sp³-hybridized carbons (Fsp3) is 0.643. The Morgan fingerprint density at radius 1 is 0.500 bits per heavy atom. The molecule has 1 aromatic rings. The van der Waals surface area contributed by atoms with Crippen molar-refractivity contribution in [2.24, 2.45) is 0 Å². The summed E-state index contributed by atoms with van der Waals surface area (Å²) in [4.78, 5) is 0. The van der Waals surface area contributed by atoms with Crippen molar-refractivity contribution in [1.82, 2.24) is 0 Å². The van der Waals surface area contributed by atoms with Crippen LogP contribution in [-0.2, 0) is 28.4 Å². The molecule has 0 fully saturated rings. The highest BCUT2D eigenvalue weighted by Crippen LogP contribution is 2.18. The normalized spacial score (nSPS) is 11.1. The molecule has 0 saturated heterocycles. The average Bonchev–Trinajstić information content (AvgIpc) is 2.86. The van der Waals surface area contributed by atoms with Gasteiger partial charge in [0, 0.05) is 13.2 Å². The van der Waals surface area contributed by atoms with Crippen molar-refractivity contribution in [1.29, 1.82) is 0 Å². The lowest BCUT2D eigenvalue weighted by molar-refractivity contribution is 0.0198. The third kappa shape index (κ3) is 16.1. The molecule has 0 amide bonds. The molecule has 0 bridgehead atoms. The van der Waals surface area contributed by atoms with E-state index in [0.29, 0.717) is 66.1 Å². The van der Waals surface area contributed by atoms with Crippen LogP contribution < -0.4 is 0 Å². The molecule has 0 aromatic heterocycles. The van der Waals surface area contributed by atoms with E-state index in [1.54, 1.807) is 0 Å². The maximum Gasteiger partial charge on any atom is 0.0718 e. The summed E-state index contributed by atoms with van der Waals surface area (Å²) in [6.07, 6.45) is 4.49. The molecular weight excluding hydrogens is 432 g/mol. The summed E-state index contributed by atoms with van der Waals surface area (Å²) in [6, 6.07) is 8.16. The summed E-state index contributed by atoms with van der Waals surface area (Å²) in [7, 11) is 0. The van der Waals surface area contributed by atoms with Gasteiger partial charge in [-0.2, -0.15) is 0 Å². The molecule has 34 heavy (non-hydrogen) atoms. The first-order chi connectivity index (χ1) is 16.7. The smallest absolute Gasteiger partial charge is 0.0718 e.